The number of nitrogens with zero attached hydrogens (tertiary/aromatic N) is 2. The van der Waals surface area contributed by atoms with Gasteiger partial charge in [-0.15, -0.1) is 0 Å². The molecule has 49 heavy (non-hydrogen) atoms. The van der Waals surface area contributed by atoms with E-state index < -0.39 is 0 Å². The first-order chi connectivity index (χ1) is 24.3. The summed E-state index contributed by atoms with van der Waals surface area (Å²) in [7, 11) is 0. The van der Waals surface area contributed by atoms with Gasteiger partial charge in [0.05, 0.1) is 16.7 Å². The predicted octanol–water partition coefficient (Wildman–Crippen LogP) is 12.6. The summed E-state index contributed by atoms with van der Waals surface area (Å²) in [5.41, 5.74) is 10.8. The van der Waals surface area contributed by atoms with Crippen molar-refractivity contribution in [2.45, 2.75) is 0 Å². The Labute approximate surface area is 284 Å². The number of hydrogen-bond donors (Lipinski definition) is 0. The third kappa shape index (κ3) is 4.38. The summed E-state index contributed by atoms with van der Waals surface area (Å²) >= 11 is 0. The van der Waals surface area contributed by atoms with Crippen LogP contribution in [0.3, 0.4) is 0 Å². The minimum absolute atomic E-state index is 1.11. The molecular formula is C47H30N2. The van der Waals surface area contributed by atoms with Crippen LogP contribution in [0.4, 0.5) is 0 Å². The number of aromatic nitrogens is 2. The van der Waals surface area contributed by atoms with Crippen LogP contribution >= 0.6 is 0 Å². The fraction of sp³-hybridized carbons (Fsp3) is 0. The Kier molecular flexibility index (Phi) is 6.22. The maximum Gasteiger partial charge on any atom is 0.0619 e. The van der Waals surface area contributed by atoms with Gasteiger partial charge in [0.15, 0.2) is 0 Å². The van der Waals surface area contributed by atoms with Crippen molar-refractivity contribution < 1.29 is 0 Å². The number of rotatable bonds is 4. The average molecular weight is 623 g/mol. The Bertz CT molecular complexity index is 2860. The molecule has 2 nitrogen and oxygen atoms in total. The van der Waals surface area contributed by atoms with E-state index >= 15 is 0 Å². The van der Waals surface area contributed by atoms with Crippen LogP contribution in [0.2, 0.25) is 0 Å². The lowest BCUT2D eigenvalue weighted by Gasteiger charge is -2.15. The molecule has 0 aliphatic rings. The van der Waals surface area contributed by atoms with E-state index in [-0.39, 0.29) is 0 Å². The minimum Gasteiger partial charge on any atom is -0.308 e. The van der Waals surface area contributed by atoms with E-state index in [1.807, 2.05) is 18.5 Å². The Morgan fingerprint density at radius 2 is 1.04 bits per heavy atom. The van der Waals surface area contributed by atoms with Crippen LogP contribution in [-0.4, -0.2) is 9.55 Å². The first-order valence-electron chi connectivity index (χ1n) is 16.8. The molecule has 8 aromatic carbocycles. The van der Waals surface area contributed by atoms with Gasteiger partial charge in [0, 0.05) is 39.5 Å². The summed E-state index contributed by atoms with van der Waals surface area (Å²) < 4.78 is 2.49. The molecule has 0 saturated heterocycles. The lowest BCUT2D eigenvalue weighted by atomic mass is 9.91. The summed E-state index contributed by atoms with van der Waals surface area (Å²) in [6, 6.07) is 61.9. The van der Waals surface area contributed by atoms with Crippen molar-refractivity contribution in [2.75, 3.05) is 0 Å². The highest BCUT2D eigenvalue weighted by atomic mass is 15.0. The molecule has 0 spiro atoms. The van der Waals surface area contributed by atoms with Crippen molar-refractivity contribution in [3.63, 3.8) is 0 Å². The quantitative estimate of drug-likeness (QED) is 0.191. The molecule has 0 bridgehead atoms. The van der Waals surface area contributed by atoms with Gasteiger partial charge in [-0.1, -0.05) is 146 Å². The molecule has 228 valence electrons. The van der Waals surface area contributed by atoms with E-state index in [1.54, 1.807) is 0 Å². The fourth-order valence-electron chi connectivity index (χ4n) is 7.79. The van der Waals surface area contributed by atoms with E-state index in [0.29, 0.717) is 0 Å². The third-order valence-corrected chi connectivity index (χ3v) is 10.1. The van der Waals surface area contributed by atoms with Gasteiger partial charge in [-0.05, 0) is 73.6 Å². The lowest BCUT2D eigenvalue weighted by Crippen LogP contribution is -1.96. The van der Waals surface area contributed by atoms with Gasteiger partial charge in [-0.2, -0.15) is 0 Å². The number of hydrogen-bond acceptors (Lipinski definition) is 1. The van der Waals surface area contributed by atoms with E-state index in [2.05, 4.69) is 173 Å². The molecule has 2 aromatic heterocycles. The maximum absolute atomic E-state index is 4.41. The van der Waals surface area contributed by atoms with Crippen LogP contribution in [0.25, 0.3) is 93.2 Å². The molecule has 0 radical (unpaired) electrons. The van der Waals surface area contributed by atoms with Crippen LogP contribution in [0, 0.1) is 0 Å². The van der Waals surface area contributed by atoms with Crippen molar-refractivity contribution in [1.29, 1.82) is 0 Å². The SMILES string of the molecule is c1ccc(-c2ccc(-c3ccc4c(ccc5c6ccc(-c7cccnc7)cc6n(-c6cccc7ccccc67)c45)c3)c3ccccc23)cc1. The molecule has 0 unspecified atom stereocenters. The number of fused-ring (bicyclic) bond motifs is 7. The van der Waals surface area contributed by atoms with Gasteiger partial charge in [0.25, 0.3) is 0 Å². The van der Waals surface area contributed by atoms with Gasteiger partial charge >= 0.3 is 0 Å². The topological polar surface area (TPSA) is 17.8 Å². The molecule has 0 fully saturated rings. The van der Waals surface area contributed by atoms with Crippen molar-refractivity contribution in [3.8, 4) is 39.1 Å². The summed E-state index contributed by atoms with van der Waals surface area (Å²) in [5.74, 6) is 0. The second-order valence-corrected chi connectivity index (χ2v) is 12.8. The van der Waals surface area contributed by atoms with E-state index in [9.17, 15) is 0 Å². The monoisotopic (exact) mass is 622 g/mol. The van der Waals surface area contributed by atoms with E-state index in [1.165, 1.54) is 82.1 Å². The van der Waals surface area contributed by atoms with Crippen LogP contribution in [0.1, 0.15) is 0 Å². The van der Waals surface area contributed by atoms with Crippen molar-refractivity contribution in [3.05, 3.63) is 182 Å². The zero-order chi connectivity index (χ0) is 32.3. The number of benzene rings is 8. The van der Waals surface area contributed by atoms with E-state index in [0.717, 1.165) is 11.1 Å². The molecule has 10 rings (SSSR count). The lowest BCUT2D eigenvalue weighted by molar-refractivity contribution is 1.20. The molecule has 0 aliphatic carbocycles. The first-order valence-corrected chi connectivity index (χ1v) is 16.8. The summed E-state index contributed by atoms with van der Waals surface area (Å²) in [5, 5.41) is 9.93. The van der Waals surface area contributed by atoms with Crippen LogP contribution in [-0.2, 0) is 0 Å². The Balaban J connectivity index is 1.24. The van der Waals surface area contributed by atoms with Gasteiger partial charge < -0.3 is 4.57 Å². The van der Waals surface area contributed by atoms with Gasteiger partial charge in [-0.3, -0.25) is 4.98 Å². The zero-order valence-corrected chi connectivity index (χ0v) is 26.7. The molecule has 0 atom stereocenters. The largest absolute Gasteiger partial charge is 0.308 e. The molecular weight excluding hydrogens is 593 g/mol. The highest BCUT2D eigenvalue weighted by molar-refractivity contribution is 6.20. The molecule has 0 amide bonds. The Hall–Kier alpha value is -6.51. The second-order valence-electron chi connectivity index (χ2n) is 12.8. The molecule has 2 heteroatoms. The first kappa shape index (κ1) is 27.6. The predicted molar refractivity (Wildman–Crippen MR) is 207 cm³/mol. The molecule has 2 heterocycles. The van der Waals surface area contributed by atoms with Gasteiger partial charge in [-0.25, -0.2) is 0 Å². The van der Waals surface area contributed by atoms with Gasteiger partial charge in [0.2, 0.25) is 0 Å². The highest BCUT2D eigenvalue weighted by Crippen LogP contribution is 2.42. The van der Waals surface area contributed by atoms with Crippen molar-refractivity contribution >= 4 is 54.1 Å². The summed E-state index contributed by atoms with van der Waals surface area (Å²) in [6.45, 7) is 0. The molecule has 0 aliphatic heterocycles. The van der Waals surface area contributed by atoms with Gasteiger partial charge in [0.1, 0.15) is 0 Å². The Morgan fingerprint density at radius 1 is 0.367 bits per heavy atom. The smallest absolute Gasteiger partial charge is 0.0619 e. The minimum atomic E-state index is 1.11. The standard InChI is InChI=1S/C47H30N2/c1-2-10-31(11-3-1)37-25-26-38(42-17-7-6-16-41(37)42)34-20-22-40-35(28-34)21-24-44-43-23-19-33(36-14-9-27-48-30-36)29-46(43)49(47(40)44)45-18-8-13-32-12-4-5-15-39(32)45/h1-30H. The molecule has 0 N–H and O–H groups in total. The average Bonchev–Trinajstić information content (AvgIpc) is 3.51. The van der Waals surface area contributed by atoms with Crippen molar-refractivity contribution in [2.24, 2.45) is 0 Å². The normalized spacial score (nSPS) is 11.7. The maximum atomic E-state index is 4.41. The second kappa shape index (κ2) is 11.0. The number of pyridine rings is 1. The van der Waals surface area contributed by atoms with Crippen LogP contribution in [0.15, 0.2) is 182 Å². The molecule has 0 saturated carbocycles. The van der Waals surface area contributed by atoms with E-state index in [4.69, 9.17) is 0 Å². The third-order valence-electron chi connectivity index (χ3n) is 10.1. The molecule has 10 aromatic rings. The fourth-order valence-corrected chi connectivity index (χ4v) is 7.79. The summed E-state index contributed by atoms with van der Waals surface area (Å²) in [6.07, 6.45) is 3.77. The Morgan fingerprint density at radius 3 is 1.86 bits per heavy atom. The summed E-state index contributed by atoms with van der Waals surface area (Å²) in [4.78, 5) is 4.41. The van der Waals surface area contributed by atoms with Crippen LogP contribution in [0.5, 0.6) is 0 Å². The zero-order valence-electron chi connectivity index (χ0n) is 26.7. The highest BCUT2D eigenvalue weighted by Gasteiger charge is 2.18. The van der Waals surface area contributed by atoms with Crippen LogP contribution < -0.4 is 0 Å². The van der Waals surface area contributed by atoms with Crippen molar-refractivity contribution in [1.82, 2.24) is 9.55 Å².